The van der Waals surface area contributed by atoms with Crippen molar-refractivity contribution >= 4 is 56.7 Å². The van der Waals surface area contributed by atoms with Gasteiger partial charge in [-0.2, -0.15) is 0 Å². The van der Waals surface area contributed by atoms with Gasteiger partial charge in [-0.15, -0.1) is 0 Å². The molecule has 0 aromatic heterocycles. The lowest BCUT2D eigenvalue weighted by molar-refractivity contribution is -0.147. The Morgan fingerprint density at radius 2 is 1.34 bits per heavy atom. The molecule has 0 heterocycles. The van der Waals surface area contributed by atoms with E-state index < -0.39 is 18.5 Å². The molecule has 0 aliphatic carbocycles. The molecule has 0 aliphatic heterocycles. The maximum absolute atomic E-state index is 12.1. The predicted molar refractivity (Wildman–Crippen MR) is 139 cm³/mol. The van der Waals surface area contributed by atoms with Gasteiger partial charge in [-0.25, -0.2) is 0 Å². The van der Waals surface area contributed by atoms with Gasteiger partial charge in [0.2, 0.25) is 5.91 Å². The Morgan fingerprint density at radius 1 is 0.800 bits per heavy atom. The number of hydrogen-bond acceptors (Lipinski definition) is 5. The second-order valence-corrected chi connectivity index (χ2v) is 8.99. The van der Waals surface area contributed by atoms with Gasteiger partial charge in [0, 0.05) is 27.3 Å². The number of amides is 2. The van der Waals surface area contributed by atoms with Gasteiger partial charge in [-0.3, -0.25) is 14.4 Å². The van der Waals surface area contributed by atoms with Crippen LogP contribution in [0.1, 0.15) is 24.0 Å². The number of ether oxygens (including phenoxy) is 2. The molecule has 0 fully saturated rings. The number of benzene rings is 3. The van der Waals surface area contributed by atoms with Gasteiger partial charge >= 0.3 is 5.97 Å². The van der Waals surface area contributed by atoms with E-state index in [1.807, 2.05) is 26.0 Å². The quantitative estimate of drug-likeness (QED) is 0.295. The van der Waals surface area contributed by atoms with E-state index in [2.05, 4.69) is 26.6 Å². The standard InChI is InChI=1S/C26H24BrClN2O5/c1-16-13-20(14-17(2)26(16)27)30-24(32)15-34-25(33)12-11-23(31)29-19-5-9-22(10-6-19)35-21-7-3-18(28)4-8-21/h3-10,13-14H,11-12,15H2,1-2H3,(H,29,31)(H,30,32). The smallest absolute Gasteiger partial charge is 0.306 e. The van der Waals surface area contributed by atoms with Gasteiger partial charge in [0.25, 0.3) is 5.91 Å². The fourth-order valence-corrected chi connectivity index (χ4v) is 3.47. The molecular formula is C26H24BrClN2O5. The van der Waals surface area contributed by atoms with Crippen LogP contribution >= 0.6 is 27.5 Å². The predicted octanol–water partition coefficient (Wildman–Crippen LogP) is 6.41. The van der Waals surface area contributed by atoms with Crippen LogP contribution in [-0.4, -0.2) is 24.4 Å². The summed E-state index contributed by atoms with van der Waals surface area (Å²) in [6.07, 6.45) is -0.220. The summed E-state index contributed by atoms with van der Waals surface area (Å²) in [7, 11) is 0. The number of carbonyl (C=O) groups is 3. The van der Waals surface area contributed by atoms with E-state index in [-0.39, 0.29) is 18.7 Å². The second kappa shape index (κ2) is 12.4. The van der Waals surface area contributed by atoms with E-state index in [1.54, 1.807) is 48.5 Å². The number of anilines is 2. The van der Waals surface area contributed by atoms with Crippen LogP contribution in [0.4, 0.5) is 11.4 Å². The van der Waals surface area contributed by atoms with Gasteiger partial charge in [0.1, 0.15) is 11.5 Å². The third-order valence-electron chi connectivity index (χ3n) is 4.83. The normalized spacial score (nSPS) is 10.4. The first-order chi connectivity index (χ1) is 16.7. The number of rotatable bonds is 9. The second-order valence-electron chi connectivity index (χ2n) is 7.76. The molecule has 3 aromatic carbocycles. The highest BCUT2D eigenvalue weighted by Gasteiger charge is 2.12. The minimum atomic E-state index is -0.634. The van der Waals surface area contributed by atoms with E-state index in [0.717, 1.165) is 15.6 Å². The highest BCUT2D eigenvalue weighted by atomic mass is 79.9. The number of nitrogens with one attached hydrogen (secondary N) is 2. The molecule has 7 nitrogen and oxygen atoms in total. The Kier molecular flexibility index (Phi) is 9.28. The highest BCUT2D eigenvalue weighted by molar-refractivity contribution is 9.10. The van der Waals surface area contributed by atoms with Crippen molar-refractivity contribution < 1.29 is 23.9 Å². The number of halogens is 2. The first kappa shape index (κ1) is 26.2. The number of carbonyl (C=O) groups excluding carboxylic acids is 3. The van der Waals surface area contributed by atoms with Gasteiger partial charge in [0.05, 0.1) is 6.42 Å². The first-order valence-electron chi connectivity index (χ1n) is 10.7. The van der Waals surface area contributed by atoms with Crippen molar-refractivity contribution in [1.29, 1.82) is 0 Å². The van der Waals surface area contributed by atoms with Crippen molar-refractivity contribution in [3.63, 3.8) is 0 Å². The summed E-state index contributed by atoms with van der Waals surface area (Å²) in [5, 5.41) is 6.02. The minimum absolute atomic E-state index is 0.0748. The van der Waals surface area contributed by atoms with Crippen molar-refractivity contribution in [2.24, 2.45) is 0 Å². The van der Waals surface area contributed by atoms with E-state index >= 15 is 0 Å². The Balaban J connectivity index is 1.38. The molecule has 0 saturated heterocycles. The van der Waals surface area contributed by atoms with Gasteiger partial charge in [0.15, 0.2) is 6.61 Å². The lowest BCUT2D eigenvalue weighted by Gasteiger charge is -2.10. The van der Waals surface area contributed by atoms with E-state index in [0.29, 0.717) is 27.9 Å². The monoisotopic (exact) mass is 558 g/mol. The Labute approximate surface area is 216 Å². The fourth-order valence-electron chi connectivity index (χ4n) is 3.12. The van der Waals surface area contributed by atoms with Gasteiger partial charge in [-0.05, 0) is 85.6 Å². The molecule has 0 saturated carbocycles. The summed E-state index contributed by atoms with van der Waals surface area (Å²) in [6, 6.07) is 17.4. The van der Waals surface area contributed by atoms with Crippen LogP contribution in [0.15, 0.2) is 65.1 Å². The van der Waals surface area contributed by atoms with Crippen molar-refractivity contribution in [2.75, 3.05) is 17.2 Å². The van der Waals surface area contributed by atoms with Crippen LogP contribution < -0.4 is 15.4 Å². The molecule has 0 unspecified atom stereocenters. The number of esters is 1. The number of aryl methyl sites for hydroxylation is 2. The fraction of sp³-hybridized carbons (Fsp3) is 0.192. The zero-order chi connectivity index (χ0) is 25.4. The average Bonchev–Trinajstić information content (AvgIpc) is 2.82. The lowest BCUT2D eigenvalue weighted by atomic mass is 10.1. The Morgan fingerprint density at radius 3 is 1.94 bits per heavy atom. The van der Waals surface area contributed by atoms with E-state index in [4.69, 9.17) is 21.1 Å². The molecule has 3 rings (SSSR count). The Hall–Kier alpha value is -3.36. The molecule has 0 aliphatic rings. The summed E-state index contributed by atoms with van der Waals surface area (Å²) in [5.74, 6) is -0.199. The Bertz CT molecular complexity index is 1190. The van der Waals surface area contributed by atoms with Crippen molar-refractivity contribution in [3.05, 3.63) is 81.3 Å². The van der Waals surface area contributed by atoms with Crippen LogP contribution in [0.3, 0.4) is 0 Å². The maximum atomic E-state index is 12.1. The maximum Gasteiger partial charge on any atom is 0.306 e. The lowest BCUT2D eigenvalue weighted by Crippen LogP contribution is -2.22. The SMILES string of the molecule is Cc1cc(NC(=O)COC(=O)CCC(=O)Nc2ccc(Oc3ccc(Cl)cc3)cc2)cc(C)c1Br. The summed E-state index contributed by atoms with van der Waals surface area (Å²) in [4.78, 5) is 36.2. The molecule has 0 bridgehead atoms. The topological polar surface area (TPSA) is 93.7 Å². The van der Waals surface area contributed by atoms with E-state index in [1.165, 1.54) is 0 Å². The molecule has 2 amide bonds. The third-order valence-corrected chi connectivity index (χ3v) is 6.33. The van der Waals surface area contributed by atoms with Crippen molar-refractivity contribution in [1.82, 2.24) is 0 Å². The molecule has 0 radical (unpaired) electrons. The number of hydrogen-bond donors (Lipinski definition) is 2. The first-order valence-corrected chi connectivity index (χ1v) is 11.9. The van der Waals surface area contributed by atoms with Crippen LogP contribution in [0.25, 0.3) is 0 Å². The van der Waals surface area contributed by atoms with Crippen LogP contribution in [0, 0.1) is 13.8 Å². The average molecular weight is 560 g/mol. The summed E-state index contributed by atoms with van der Waals surface area (Å²) in [6.45, 7) is 3.41. The van der Waals surface area contributed by atoms with Gasteiger partial charge in [-0.1, -0.05) is 27.5 Å². The molecule has 0 spiro atoms. The summed E-state index contributed by atoms with van der Waals surface area (Å²) >= 11 is 9.33. The van der Waals surface area contributed by atoms with E-state index in [9.17, 15) is 14.4 Å². The van der Waals surface area contributed by atoms with Gasteiger partial charge < -0.3 is 20.1 Å². The molecule has 35 heavy (non-hydrogen) atoms. The molecular weight excluding hydrogens is 536 g/mol. The molecule has 2 N–H and O–H groups in total. The zero-order valence-corrected chi connectivity index (χ0v) is 21.5. The molecule has 0 atom stereocenters. The molecule has 9 heteroatoms. The zero-order valence-electron chi connectivity index (χ0n) is 19.2. The minimum Gasteiger partial charge on any atom is -0.457 e. The van der Waals surface area contributed by atoms with Crippen LogP contribution in [0.2, 0.25) is 5.02 Å². The van der Waals surface area contributed by atoms with Crippen molar-refractivity contribution in [3.8, 4) is 11.5 Å². The van der Waals surface area contributed by atoms with Crippen LogP contribution in [0.5, 0.6) is 11.5 Å². The summed E-state index contributed by atoms with van der Waals surface area (Å²) < 4.78 is 11.7. The molecule has 3 aromatic rings. The largest absolute Gasteiger partial charge is 0.457 e. The highest BCUT2D eigenvalue weighted by Crippen LogP contribution is 2.25. The summed E-state index contributed by atoms with van der Waals surface area (Å²) in [5.41, 5.74) is 3.14. The third kappa shape index (κ3) is 8.42. The van der Waals surface area contributed by atoms with Crippen LogP contribution in [-0.2, 0) is 19.1 Å². The molecule has 182 valence electrons. The van der Waals surface area contributed by atoms with Crippen molar-refractivity contribution in [2.45, 2.75) is 26.7 Å².